The van der Waals surface area contributed by atoms with Crippen molar-refractivity contribution in [3.8, 4) is 0 Å². The Morgan fingerprint density at radius 3 is 2.64 bits per heavy atom. The summed E-state index contributed by atoms with van der Waals surface area (Å²) in [6.07, 6.45) is 0.772. The quantitative estimate of drug-likeness (QED) is 0.455. The SMILES string of the molecule is Cc1c(C2CCC(CCC(=O)Cn3nc(C(=O)N4CCO[C@H](CO)C4)c4c3C[C@H]3[C@@H](C)[C@@H]43)CC2)cccc1C(F)(F)F. The predicted molar refractivity (Wildman–Crippen MR) is 149 cm³/mol. The third kappa shape index (κ3) is 5.52. The predicted octanol–water partition coefficient (Wildman–Crippen LogP) is 5.27. The molecular formula is C32H40F3N3O4. The number of carbonyl (C=O) groups excluding carboxylic acids is 2. The highest BCUT2D eigenvalue weighted by Crippen LogP contribution is 2.62. The Kier molecular flexibility index (Phi) is 7.98. The number of rotatable bonds is 8. The maximum atomic E-state index is 13.5. The smallest absolute Gasteiger partial charge is 0.394 e. The van der Waals surface area contributed by atoms with Crippen LogP contribution in [0.4, 0.5) is 13.2 Å². The van der Waals surface area contributed by atoms with E-state index >= 15 is 0 Å². The molecule has 4 aliphatic rings. The highest BCUT2D eigenvalue weighted by molar-refractivity contribution is 5.95. The van der Waals surface area contributed by atoms with Crippen LogP contribution in [0.5, 0.6) is 0 Å². The zero-order valence-electron chi connectivity index (χ0n) is 24.3. The van der Waals surface area contributed by atoms with Crippen LogP contribution in [0.15, 0.2) is 18.2 Å². The van der Waals surface area contributed by atoms with Crippen LogP contribution < -0.4 is 0 Å². The number of aliphatic hydroxyl groups is 1. The number of nitrogens with zero attached hydrogens (tertiary/aromatic N) is 3. The number of morpholine rings is 1. The summed E-state index contributed by atoms with van der Waals surface area (Å²) in [5.74, 6) is 1.80. The second-order valence-corrected chi connectivity index (χ2v) is 12.9. The van der Waals surface area contributed by atoms with Gasteiger partial charge in [-0.1, -0.05) is 19.1 Å². The molecule has 1 aromatic heterocycles. The normalized spacial score (nSPS) is 28.9. The van der Waals surface area contributed by atoms with E-state index in [1.807, 2.05) is 6.07 Å². The van der Waals surface area contributed by atoms with Crippen molar-refractivity contribution in [2.75, 3.05) is 26.3 Å². The van der Waals surface area contributed by atoms with E-state index in [1.54, 1.807) is 16.5 Å². The largest absolute Gasteiger partial charge is 0.416 e. The summed E-state index contributed by atoms with van der Waals surface area (Å²) < 4.78 is 47.4. The van der Waals surface area contributed by atoms with Crippen molar-refractivity contribution >= 4 is 11.7 Å². The van der Waals surface area contributed by atoms with Crippen molar-refractivity contribution < 1.29 is 32.6 Å². The van der Waals surface area contributed by atoms with Gasteiger partial charge in [-0.15, -0.1) is 0 Å². The van der Waals surface area contributed by atoms with Gasteiger partial charge >= 0.3 is 6.18 Å². The first-order valence-electron chi connectivity index (χ1n) is 15.4. The van der Waals surface area contributed by atoms with E-state index in [0.29, 0.717) is 61.0 Å². The highest BCUT2D eigenvalue weighted by Gasteiger charge is 2.56. The molecule has 7 nitrogen and oxygen atoms in total. The number of aliphatic hydroxyl groups excluding tert-OH is 1. The van der Waals surface area contributed by atoms with Gasteiger partial charge in [0, 0.05) is 30.8 Å². The molecule has 4 atom stereocenters. The Hall–Kier alpha value is -2.72. The third-order valence-corrected chi connectivity index (χ3v) is 10.4. The summed E-state index contributed by atoms with van der Waals surface area (Å²) in [4.78, 5) is 28.3. The van der Waals surface area contributed by atoms with Crippen LogP contribution in [0.2, 0.25) is 0 Å². The molecule has 1 aromatic carbocycles. The van der Waals surface area contributed by atoms with Gasteiger partial charge in [-0.3, -0.25) is 14.3 Å². The molecule has 0 unspecified atom stereocenters. The van der Waals surface area contributed by atoms with Crippen molar-refractivity contribution in [2.45, 2.75) is 89.5 Å². The summed E-state index contributed by atoms with van der Waals surface area (Å²) in [7, 11) is 0. The molecule has 1 saturated heterocycles. The molecule has 0 spiro atoms. The first-order valence-corrected chi connectivity index (χ1v) is 15.4. The second kappa shape index (κ2) is 11.4. The first-order chi connectivity index (χ1) is 20.1. The molecule has 1 amide bonds. The number of amides is 1. The molecule has 2 saturated carbocycles. The van der Waals surface area contributed by atoms with Gasteiger partial charge in [-0.25, -0.2) is 0 Å². The Labute approximate surface area is 244 Å². The molecule has 3 fully saturated rings. The molecule has 1 N–H and O–H groups in total. The van der Waals surface area contributed by atoms with E-state index < -0.39 is 17.8 Å². The van der Waals surface area contributed by atoms with Crippen LogP contribution in [0.1, 0.15) is 95.7 Å². The van der Waals surface area contributed by atoms with Crippen molar-refractivity contribution in [1.82, 2.24) is 14.7 Å². The number of alkyl halides is 3. The minimum atomic E-state index is -4.34. The molecule has 42 heavy (non-hydrogen) atoms. The molecule has 2 aromatic rings. The summed E-state index contributed by atoms with van der Waals surface area (Å²) in [5, 5.41) is 14.2. The maximum Gasteiger partial charge on any atom is 0.416 e. The Balaban J connectivity index is 1.06. The zero-order chi connectivity index (χ0) is 29.8. The van der Waals surface area contributed by atoms with Crippen LogP contribution in [0.3, 0.4) is 0 Å². The van der Waals surface area contributed by atoms with Crippen LogP contribution >= 0.6 is 0 Å². The number of carbonyl (C=O) groups is 2. The molecule has 0 radical (unpaired) electrons. The minimum absolute atomic E-state index is 0.0930. The van der Waals surface area contributed by atoms with E-state index in [4.69, 9.17) is 9.84 Å². The summed E-state index contributed by atoms with van der Waals surface area (Å²) >= 11 is 0. The molecular weight excluding hydrogens is 547 g/mol. The number of fused-ring (bicyclic) bond motifs is 3. The van der Waals surface area contributed by atoms with Crippen LogP contribution in [0.25, 0.3) is 0 Å². The fourth-order valence-electron chi connectivity index (χ4n) is 7.86. The van der Waals surface area contributed by atoms with Gasteiger partial charge in [-0.05, 0) is 92.2 Å². The van der Waals surface area contributed by atoms with Crippen LogP contribution in [-0.4, -0.2) is 63.9 Å². The average molecular weight is 588 g/mol. The summed E-state index contributed by atoms with van der Waals surface area (Å²) in [6, 6.07) is 4.50. The number of benzene rings is 1. The Morgan fingerprint density at radius 1 is 1.17 bits per heavy atom. The van der Waals surface area contributed by atoms with E-state index in [-0.39, 0.29) is 30.8 Å². The Morgan fingerprint density at radius 2 is 1.93 bits per heavy atom. The Bertz CT molecular complexity index is 1350. The number of hydrogen-bond donors (Lipinski definition) is 1. The third-order valence-electron chi connectivity index (χ3n) is 10.4. The summed E-state index contributed by atoms with van der Waals surface area (Å²) in [5.41, 5.74) is 3.07. The van der Waals surface area contributed by atoms with E-state index in [0.717, 1.165) is 61.4 Å². The van der Waals surface area contributed by atoms with Gasteiger partial charge in [0.15, 0.2) is 11.5 Å². The van der Waals surface area contributed by atoms with Crippen LogP contribution in [-0.2, 0) is 28.7 Å². The van der Waals surface area contributed by atoms with Gasteiger partial charge in [0.2, 0.25) is 0 Å². The molecule has 2 heterocycles. The van der Waals surface area contributed by atoms with E-state index in [2.05, 4.69) is 6.92 Å². The van der Waals surface area contributed by atoms with Crippen molar-refractivity contribution in [1.29, 1.82) is 0 Å². The topological polar surface area (TPSA) is 84.7 Å². The maximum absolute atomic E-state index is 13.5. The molecule has 10 heteroatoms. The number of ether oxygens (including phenoxy) is 1. The van der Waals surface area contributed by atoms with E-state index in [1.165, 1.54) is 6.07 Å². The molecule has 3 aliphatic carbocycles. The number of hydrogen-bond acceptors (Lipinski definition) is 5. The van der Waals surface area contributed by atoms with Gasteiger partial charge in [0.25, 0.3) is 5.91 Å². The molecule has 1 aliphatic heterocycles. The minimum Gasteiger partial charge on any atom is -0.394 e. The molecule has 0 bridgehead atoms. The van der Waals surface area contributed by atoms with Gasteiger partial charge in [0.05, 0.1) is 31.4 Å². The molecule has 228 valence electrons. The highest BCUT2D eigenvalue weighted by atomic mass is 19.4. The van der Waals surface area contributed by atoms with Gasteiger partial charge in [0.1, 0.15) is 0 Å². The number of halogens is 3. The lowest BCUT2D eigenvalue weighted by Gasteiger charge is -2.31. The van der Waals surface area contributed by atoms with Crippen molar-refractivity contribution in [3.05, 3.63) is 51.8 Å². The lowest BCUT2D eigenvalue weighted by atomic mass is 9.75. The molecule has 6 rings (SSSR count). The number of Topliss-reactive ketones (excluding diaryl/α,β-unsaturated/α-hetero) is 1. The lowest BCUT2D eigenvalue weighted by molar-refractivity contribution is -0.138. The van der Waals surface area contributed by atoms with Gasteiger partial charge < -0.3 is 14.7 Å². The number of aromatic nitrogens is 2. The van der Waals surface area contributed by atoms with Crippen molar-refractivity contribution in [2.24, 2.45) is 17.8 Å². The second-order valence-electron chi connectivity index (χ2n) is 12.9. The number of ketones is 1. The van der Waals surface area contributed by atoms with Crippen LogP contribution in [0, 0.1) is 24.7 Å². The van der Waals surface area contributed by atoms with E-state index in [9.17, 15) is 27.9 Å². The first kappa shape index (κ1) is 29.4. The lowest BCUT2D eigenvalue weighted by Crippen LogP contribution is -2.47. The monoisotopic (exact) mass is 587 g/mol. The fraction of sp³-hybridized carbons (Fsp3) is 0.656. The average Bonchev–Trinajstić information content (AvgIpc) is 3.28. The van der Waals surface area contributed by atoms with Gasteiger partial charge in [-0.2, -0.15) is 18.3 Å². The zero-order valence-corrected chi connectivity index (χ0v) is 24.3. The standard InChI is InChI=1S/C32H40F3N3O4/c1-18-24(4-3-5-26(18)32(33,34)35)21-9-6-20(7-10-21)8-11-22(40)15-38-27-14-25-19(2)28(25)29(27)30(36-38)31(41)37-12-13-42-23(16-37)17-39/h3-5,19-21,23,25,28,39H,6-17H2,1-2H3/t19-,20?,21?,23+,25+,28-/m1/s1. The summed E-state index contributed by atoms with van der Waals surface area (Å²) in [6.45, 7) is 4.95. The fourth-order valence-corrected chi connectivity index (χ4v) is 7.86. The van der Waals surface area contributed by atoms with Crippen molar-refractivity contribution in [3.63, 3.8) is 0 Å².